The van der Waals surface area contributed by atoms with E-state index < -0.39 is 87.4 Å². The van der Waals surface area contributed by atoms with E-state index in [1.807, 2.05) is 100 Å². The minimum absolute atomic E-state index is 0.00195. The van der Waals surface area contributed by atoms with E-state index in [1.54, 1.807) is 88.7 Å². The number of aliphatic hydroxyl groups is 4. The van der Waals surface area contributed by atoms with Gasteiger partial charge in [-0.25, -0.2) is 32.9 Å². The quantitative estimate of drug-likeness (QED) is 0.0214. The van der Waals surface area contributed by atoms with Crippen LogP contribution in [0.4, 0.5) is 62.6 Å². The van der Waals surface area contributed by atoms with Crippen LogP contribution in [0.25, 0.3) is 14.5 Å². The number of aliphatic imine (C=N–C) groups is 2. The maximum Gasteiger partial charge on any atom is 0.335 e. The van der Waals surface area contributed by atoms with Gasteiger partial charge in [0, 0.05) is 78.1 Å². The molecule has 34 nitrogen and oxygen atoms in total. The van der Waals surface area contributed by atoms with Crippen molar-refractivity contribution in [2.24, 2.45) is 26.6 Å². The Balaban J connectivity index is 0.000000160. The van der Waals surface area contributed by atoms with E-state index in [4.69, 9.17) is 71.5 Å². The van der Waals surface area contributed by atoms with Gasteiger partial charge in [0.15, 0.2) is 53.7 Å². The Kier molecular flexibility index (Phi) is 29.1. The van der Waals surface area contributed by atoms with Gasteiger partial charge in [-0.2, -0.15) is 0 Å². The number of aliphatic hydroxyl groups excluding tert-OH is 4. The Bertz CT molecular complexity index is 5390. The van der Waals surface area contributed by atoms with Crippen LogP contribution in [0.2, 0.25) is 0 Å². The van der Waals surface area contributed by atoms with Crippen LogP contribution in [0.5, 0.6) is 0 Å². The lowest BCUT2D eigenvalue weighted by Crippen LogP contribution is -2.55. The average molecular weight is 1630 g/mol. The van der Waals surface area contributed by atoms with Gasteiger partial charge in [-0.05, 0) is 141 Å². The number of hydrogen-bond donors (Lipinski definition) is 13. The average Bonchev–Trinajstić information content (AvgIpc) is 0.799. The van der Waals surface area contributed by atoms with Gasteiger partial charge < -0.3 is 97.2 Å². The van der Waals surface area contributed by atoms with Crippen LogP contribution in [-0.2, 0) is 77.4 Å². The second-order valence-corrected chi connectivity index (χ2v) is 29.0. The van der Waals surface area contributed by atoms with Crippen molar-refractivity contribution in [3.05, 3.63) is 249 Å². The lowest BCUT2D eigenvalue weighted by Gasteiger charge is -2.35. The summed E-state index contributed by atoms with van der Waals surface area (Å²) in [6, 6.07) is 48.9. The Hall–Kier alpha value is -13.2. The van der Waals surface area contributed by atoms with E-state index in [1.165, 1.54) is 21.9 Å². The molecule has 0 bridgehead atoms. The summed E-state index contributed by atoms with van der Waals surface area (Å²) in [7, 11) is -4.27. The van der Waals surface area contributed by atoms with Crippen molar-refractivity contribution in [3.63, 3.8) is 0 Å². The second kappa shape index (κ2) is 39.4. The zero-order valence-corrected chi connectivity index (χ0v) is 65.3. The van der Waals surface area contributed by atoms with Gasteiger partial charge in [0.05, 0.1) is 69.8 Å². The minimum Gasteiger partial charge on any atom is -0.479 e. The number of nitrogens with two attached hydrogens (primary N) is 4. The number of amides is 5. The molecule has 17 N–H and O–H groups in total. The Labute approximate surface area is 679 Å². The van der Waals surface area contributed by atoms with Crippen molar-refractivity contribution in [1.82, 2.24) is 0 Å². The number of fused-ring (bicyclic) bond motifs is 2. The van der Waals surface area contributed by atoms with E-state index in [9.17, 15) is 57.6 Å². The summed E-state index contributed by atoms with van der Waals surface area (Å²) < 4.78 is 45.3. The van der Waals surface area contributed by atoms with Crippen LogP contribution in [0.3, 0.4) is 0 Å². The Morgan fingerprint density at radius 2 is 0.890 bits per heavy atom. The predicted octanol–water partition coefficient (Wildman–Crippen LogP) is 6.43. The molecule has 6 aliphatic heterocycles. The zero-order chi connectivity index (χ0) is 85.2. The number of ether oxygens (including phenoxy) is 4. The highest BCUT2D eigenvalue weighted by molar-refractivity contribution is 7.89. The fraction of sp³-hybridized carbons (Fsp3) is 0.277. The SMILES string of the molecule is Cc1ccc(N2CCO[C@H]([C@@H](O)C(=O)O)C2=O)cc1.Cc1ccc(N2CCO[C@H]([C@@H](O)C3=NCc4cc(C(=N)N)ccc4N3)C2=O)cc1.[C-]#[N+]c1ccc(N)c(CN)c1.[C-]#[N+]c1ccc(NC(=O)[C@H](O)[C@H]2OCCN(c3ccc(C)cc3)C2=O)c(S(N)(=O)=O)c1.[C-]#[N+]c1ccc2c(c1)CN=C([C@H](O)[C@H]1OCCN(c3ccc(C)cc3)C1=O)N2. The number of carboxylic acids is 1. The highest BCUT2D eigenvalue weighted by Gasteiger charge is 2.44. The second-order valence-electron chi connectivity index (χ2n) is 27.5. The van der Waals surface area contributed by atoms with Crippen molar-refractivity contribution < 1.29 is 81.7 Å². The first kappa shape index (κ1) is 87.2. The lowest BCUT2D eigenvalue weighted by atomic mass is 10.0. The smallest absolute Gasteiger partial charge is 0.335 e. The van der Waals surface area contributed by atoms with Gasteiger partial charge in [-0.3, -0.25) is 39.4 Å². The summed E-state index contributed by atoms with van der Waals surface area (Å²) in [6.07, 6.45) is -11.1. The third kappa shape index (κ3) is 21.5. The van der Waals surface area contributed by atoms with Crippen LogP contribution in [0.15, 0.2) is 185 Å². The summed E-state index contributed by atoms with van der Waals surface area (Å²) in [5.74, 6) is -3.67. The fourth-order valence-electron chi connectivity index (χ4n) is 12.7. The fourth-order valence-corrected chi connectivity index (χ4v) is 13.4. The minimum atomic E-state index is -4.27. The van der Waals surface area contributed by atoms with Crippen molar-refractivity contribution in [2.45, 2.75) is 101 Å². The van der Waals surface area contributed by atoms with Crippen molar-refractivity contribution in [3.8, 4) is 0 Å². The molecule has 612 valence electrons. The van der Waals surface area contributed by atoms with Gasteiger partial charge in [-0.15, -0.1) is 0 Å². The molecule has 0 unspecified atom stereocenters. The van der Waals surface area contributed by atoms with Crippen molar-refractivity contribution >= 4 is 126 Å². The maximum atomic E-state index is 13.0. The molecular formula is C83H87N17O17S. The van der Waals surface area contributed by atoms with Crippen LogP contribution in [-0.4, -0.2) is 188 Å². The highest BCUT2D eigenvalue weighted by Crippen LogP contribution is 2.33. The van der Waals surface area contributed by atoms with E-state index in [-0.39, 0.29) is 54.6 Å². The monoisotopic (exact) mass is 1630 g/mol. The molecule has 5 amide bonds. The van der Waals surface area contributed by atoms with Crippen LogP contribution in [0.1, 0.15) is 44.5 Å². The molecule has 0 spiro atoms. The number of carbonyl (C=O) groups is 6. The number of benzene rings is 8. The number of morpholine rings is 4. The number of sulfonamides is 1. The van der Waals surface area contributed by atoms with Crippen molar-refractivity contribution in [2.75, 3.05) is 93.9 Å². The number of aliphatic carboxylic acids is 1. The van der Waals surface area contributed by atoms with Gasteiger partial charge >= 0.3 is 5.97 Å². The number of nitrogens with one attached hydrogen (secondary N) is 4. The normalized spacial score (nSPS) is 18.5. The number of nitrogen functional groups attached to an aromatic ring is 2. The largest absolute Gasteiger partial charge is 0.479 e. The molecule has 4 saturated heterocycles. The molecule has 0 aromatic heterocycles. The standard InChI is InChI=1S/C21H23N5O3.C21H20N4O3.C20H20N4O6S.C13H15NO5.C8H9N3/c1-12-2-5-15(6-3-12)26-8-9-29-18(21(26)28)17(27)20-24-11-14-10-13(19(22)23)4-7-16(14)25-20;1-13-3-6-16(7-4-13)25-9-10-28-19(21(25)27)18(26)20-23-12-14-11-15(22-2)5-8-17(14)24-20;1-12-3-6-14(7-4-12)24-9-10-30-18(20(24)27)17(25)19(26)23-15-8-5-13(22-2)11-16(15)31(21,28)29;1-8-2-4-9(5-3-8)14-6-7-19-11(12(14)16)10(15)13(17)18;1-11-7-2-3-8(10)6(4-7)5-9/h2-7,10,17-18,27H,8-9,11H2,1H3,(H3,22,23)(H,24,25);3-8,11,18-19,26H,9-10,12H2,1H3,(H,23,24);3-8,11,17-18,25H,9-10H2,1H3,(H,23,26)(H2,21,28,29);2-5,10-11,15H,6-7H2,1H3,(H,17,18);2-4H,5,9-10H2/t17-,18-;18-,19-;17-,18-;10-,11-;/m1111./s1. The first-order valence-corrected chi connectivity index (χ1v) is 38.3. The van der Waals surface area contributed by atoms with Crippen LogP contribution in [0, 0.1) is 52.8 Å². The number of nitrogens with zero attached hydrogens (tertiary/aromatic N) is 9. The van der Waals surface area contributed by atoms with Crippen LogP contribution < -0.4 is 57.9 Å². The predicted molar refractivity (Wildman–Crippen MR) is 442 cm³/mol. The van der Waals surface area contributed by atoms with Gasteiger partial charge in [0.1, 0.15) is 29.7 Å². The first-order valence-electron chi connectivity index (χ1n) is 36.8. The van der Waals surface area contributed by atoms with Crippen molar-refractivity contribution in [1.29, 1.82) is 5.41 Å². The van der Waals surface area contributed by atoms with Gasteiger partial charge in [0.25, 0.3) is 29.5 Å². The number of amidine groups is 3. The van der Waals surface area contributed by atoms with E-state index >= 15 is 0 Å². The van der Waals surface area contributed by atoms with E-state index in [2.05, 4.69) is 40.5 Å². The van der Waals surface area contributed by atoms with Gasteiger partial charge in [-0.1, -0.05) is 95.1 Å². The summed E-state index contributed by atoms with van der Waals surface area (Å²) in [5, 5.41) is 71.4. The molecule has 6 heterocycles. The maximum absolute atomic E-state index is 13.0. The molecule has 14 rings (SSSR count). The number of rotatable bonds is 16. The summed E-state index contributed by atoms with van der Waals surface area (Å²) >= 11 is 0. The van der Waals surface area contributed by atoms with E-state index in [0.29, 0.717) is 92.3 Å². The van der Waals surface area contributed by atoms with Gasteiger partial charge in [0.2, 0.25) is 10.0 Å². The highest BCUT2D eigenvalue weighted by atomic mass is 32.2. The van der Waals surface area contributed by atoms with E-state index in [0.717, 1.165) is 67.8 Å². The molecule has 4 fully saturated rings. The number of carbonyl (C=O) groups excluding carboxylic acids is 5. The third-order valence-electron chi connectivity index (χ3n) is 19.2. The summed E-state index contributed by atoms with van der Waals surface area (Å²) in [5.41, 5.74) is 29.9. The lowest BCUT2D eigenvalue weighted by molar-refractivity contribution is -0.163. The number of anilines is 8. The molecule has 6 aliphatic rings. The summed E-state index contributed by atoms with van der Waals surface area (Å²) in [4.78, 5) is 98.4. The molecule has 8 atom stereocenters. The molecule has 8 aromatic rings. The van der Waals surface area contributed by atoms with Crippen LogP contribution >= 0.6 is 0 Å². The molecule has 35 heteroatoms. The third-order valence-corrected chi connectivity index (χ3v) is 20.2. The number of hydrogen-bond acceptors (Lipinski definition) is 23. The number of aryl methyl sites for hydroxylation is 4. The first-order chi connectivity index (χ1) is 56.4. The zero-order valence-electron chi connectivity index (χ0n) is 64.4. The Morgan fingerprint density at radius 1 is 0.534 bits per heavy atom. The molecule has 0 saturated carbocycles. The molecule has 8 aromatic carbocycles. The number of primary sulfonamides is 1. The molecule has 0 radical (unpaired) electrons. The topological polar surface area (TPSA) is 489 Å². The number of carboxylic acid groups (broad SMARTS) is 1. The molecular weight excluding hydrogens is 1540 g/mol. The summed E-state index contributed by atoms with van der Waals surface area (Å²) in [6.45, 7) is 32.1. The molecule has 118 heavy (non-hydrogen) atoms. The Morgan fingerprint density at radius 3 is 1.28 bits per heavy atom. The molecule has 0 aliphatic carbocycles.